The standard InChI is InChI=1S/C10H12FNO3/c1-7-4-8(11)6-9(5-7)14-2-3-15-10(12)13/h4-6H,2-3H2,1H3,(H2,12,13). The van der Waals surface area contributed by atoms with Crippen LogP contribution in [0.2, 0.25) is 0 Å². The molecule has 0 radical (unpaired) electrons. The van der Waals surface area contributed by atoms with E-state index in [4.69, 9.17) is 10.5 Å². The van der Waals surface area contributed by atoms with Crippen LogP contribution in [0.1, 0.15) is 5.56 Å². The van der Waals surface area contributed by atoms with Gasteiger partial charge < -0.3 is 15.2 Å². The van der Waals surface area contributed by atoms with Crippen LogP contribution < -0.4 is 10.5 Å². The van der Waals surface area contributed by atoms with Gasteiger partial charge in [0.15, 0.2) is 0 Å². The fourth-order valence-electron chi connectivity index (χ4n) is 1.09. The second-order valence-corrected chi connectivity index (χ2v) is 2.98. The molecule has 0 unspecified atom stereocenters. The van der Waals surface area contributed by atoms with E-state index in [1.165, 1.54) is 12.1 Å². The summed E-state index contributed by atoms with van der Waals surface area (Å²) in [6.07, 6.45) is -0.853. The molecule has 0 saturated carbocycles. The smallest absolute Gasteiger partial charge is 0.404 e. The Kier molecular flexibility index (Phi) is 3.91. The molecule has 0 heterocycles. The van der Waals surface area contributed by atoms with E-state index in [1.54, 1.807) is 13.0 Å². The van der Waals surface area contributed by atoms with Gasteiger partial charge in [-0.05, 0) is 24.6 Å². The number of benzene rings is 1. The highest BCUT2D eigenvalue weighted by atomic mass is 19.1. The molecule has 0 aliphatic rings. The van der Waals surface area contributed by atoms with Gasteiger partial charge >= 0.3 is 6.09 Å². The third-order valence-electron chi connectivity index (χ3n) is 1.61. The van der Waals surface area contributed by atoms with E-state index in [0.717, 1.165) is 5.56 Å². The van der Waals surface area contributed by atoms with Crippen molar-refractivity contribution < 1.29 is 18.7 Å². The molecule has 0 spiro atoms. The predicted molar refractivity (Wildman–Crippen MR) is 52.2 cm³/mol. The summed E-state index contributed by atoms with van der Waals surface area (Å²) in [7, 11) is 0. The Hall–Kier alpha value is -1.78. The monoisotopic (exact) mass is 213 g/mol. The van der Waals surface area contributed by atoms with Crippen molar-refractivity contribution in [1.82, 2.24) is 0 Å². The van der Waals surface area contributed by atoms with Gasteiger partial charge in [-0.2, -0.15) is 0 Å². The maximum atomic E-state index is 12.9. The molecule has 1 rings (SSSR count). The fourth-order valence-corrected chi connectivity index (χ4v) is 1.09. The third-order valence-corrected chi connectivity index (χ3v) is 1.61. The minimum Gasteiger partial charge on any atom is -0.490 e. The molecule has 2 N–H and O–H groups in total. The van der Waals surface area contributed by atoms with Gasteiger partial charge in [0.05, 0.1) is 0 Å². The number of nitrogens with two attached hydrogens (primary N) is 1. The Labute approximate surface area is 86.8 Å². The molecule has 0 aromatic heterocycles. The third kappa shape index (κ3) is 4.30. The van der Waals surface area contributed by atoms with E-state index in [2.05, 4.69) is 4.74 Å². The topological polar surface area (TPSA) is 61.6 Å². The molecule has 5 heteroatoms. The second-order valence-electron chi connectivity index (χ2n) is 2.98. The lowest BCUT2D eigenvalue weighted by atomic mass is 10.2. The van der Waals surface area contributed by atoms with Crippen LogP contribution in [0.25, 0.3) is 0 Å². The van der Waals surface area contributed by atoms with E-state index in [9.17, 15) is 9.18 Å². The van der Waals surface area contributed by atoms with Crippen molar-refractivity contribution in [2.75, 3.05) is 13.2 Å². The first-order chi connectivity index (χ1) is 7.08. The summed E-state index contributed by atoms with van der Waals surface area (Å²) in [4.78, 5) is 10.2. The Balaban J connectivity index is 2.40. The Morgan fingerprint density at radius 2 is 2.13 bits per heavy atom. The van der Waals surface area contributed by atoms with Crippen molar-refractivity contribution in [3.63, 3.8) is 0 Å². The lowest BCUT2D eigenvalue weighted by Crippen LogP contribution is -2.17. The molecule has 0 bridgehead atoms. The lowest BCUT2D eigenvalue weighted by molar-refractivity contribution is 0.133. The largest absolute Gasteiger partial charge is 0.490 e. The number of primary amides is 1. The highest BCUT2D eigenvalue weighted by Crippen LogP contribution is 2.15. The number of halogens is 1. The van der Waals surface area contributed by atoms with E-state index < -0.39 is 6.09 Å². The molecule has 1 amide bonds. The molecule has 1 aromatic carbocycles. The maximum absolute atomic E-state index is 12.9. The minimum atomic E-state index is -0.853. The SMILES string of the molecule is Cc1cc(F)cc(OCCOC(N)=O)c1. The van der Waals surface area contributed by atoms with E-state index in [1.807, 2.05) is 0 Å². The zero-order chi connectivity index (χ0) is 11.3. The molecule has 0 fully saturated rings. The summed E-state index contributed by atoms with van der Waals surface area (Å²) in [6, 6.07) is 4.34. The fraction of sp³-hybridized carbons (Fsp3) is 0.300. The van der Waals surface area contributed by atoms with Crippen LogP contribution >= 0.6 is 0 Å². The van der Waals surface area contributed by atoms with Crippen molar-refractivity contribution in [1.29, 1.82) is 0 Å². The normalized spacial score (nSPS) is 9.73. The second kappa shape index (κ2) is 5.19. The van der Waals surface area contributed by atoms with Crippen molar-refractivity contribution in [3.8, 4) is 5.75 Å². The first kappa shape index (κ1) is 11.3. The van der Waals surface area contributed by atoms with E-state index in [-0.39, 0.29) is 19.0 Å². The Morgan fingerprint density at radius 3 is 2.73 bits per heavy atom. The molecular weight excluding hydrogens is 201 g/mol. The quantitative estimate of drug-likeness (QED) is 0.773. The first-order valence-corrected chi connectivity index (χ1v) is 4.40. The molecule has 15 heavy (non-hydrogen) atoms. The van der Waals surface area contributed by atoms with Crippen LogP contribution in [-0.2, 0) is 4.74 Å². The lowest BCUT2D eigenvalue weighted by Gasteiger charge is -2.06. The average Bonchev–Trinajstić information content (AvgIpc) is 2.10. The number of amides is 1. The minimum absolute atomic E-state index is 0.0465. The highest BCUT2D eigenvalue weighted by Gasteiger charge is 1.99. The zero-order valence-corrected chi connectivity index (χ0v) is 8.33. The summed E-state index contributed by atoms with van der Waals surface area (Å²) in [6.45, 7) is 1.95. The van der Waals surface area contributed by atoms with Gasteiger partial charge in [0.1, 0.15) is 24.8 Å². The van der Waals surface area contributed by atoms with Crippen molar-refractivity contribution in [2.24, 2.45) is 5.73 Å². The van der Waals surface area contributed by atoms with Gasteiger partial charge in [0.25, 0.3) is 0 Å². The predicted octanol–water partition coefficient (Wildman–Crippen LogP) is 1.61. The van der Waals surface area contributed by atoms with Gasteiger partial charge in [0, 0.05) is 6.07 Å². The molecule has 82 valence electrons. The Morgan fingerprint density at radius 1 is 1.40 bits per heavy atom. The van der Waals surface area contributed by atoms with Crippen LogP contribution in [0.15, 0.2) is 18.2 Å². The number of hydrogen-bond acceptors (Lipinski definition) is 3. The molecule has 1 aromatic rings. The van der Waals surface area contributed by atoms with Crippen molar-refractivity contribution in [3.05, 3.63) is 29.6 Å². The van der Waals surface area contributed by atoms with Crippen LogP contribution in [-0.4, -0.2) is 19.3 Å². The van der Waals surface area contributed by atoms with Gasteiger partial charge in [-0.15, -0.1) is 0 Å². The summed E-state index contributed by atoms with van der Waals surface area (Å²) in [5.74, 6) is 0.0430. The molecule has 0 aliphatic heterocycles. The zero-order valence-electron chi connectivity index (χ0n) is 8.33. The number of carbonyl (C=O) groups excluding carboxylic acids is 1. The molecular formula is C10H12FNO3. The Bertz CT molecular complexity index is 334. The van der Waals surface area contributed by atoms with Gasteiger partial charge in [0.2, 0.25) is 0 Å². The van der Waals surface area contributed by atoms with Crippen LogP contribution in [0.4, 0.5) is 9.18 Å². The average molecular weight is 213 g/mol. The van der Waals surface area contributed by atoms with Gasteiger partial charge in [-0.3, -0.25) is 0 Å². The van der Waals surface area contributed by atoms with Crippen molar-refractivity contribution in [2.45, 2.75) is 6.92 Å². The van der Waals surface area contributed by atoms with E-state index in [0.29, 0.717) is 5.75 Å². The molecule has 0 aliphatic carbocycles. The summed E-state index contributed by atoms with van der Waals surface area (Å²) < 4.78 is 22.5. The number of rotatable bonds is 4. The van der Waals surface area contributed by atoms with Crippen LogP contribution in [0, 0.1) is 12.7 Å². The van der Waals surface area contributed by atoms with E-state index >= 15 is 0 Å². The number of carbonyl (C=O) groups is 1. The van der Waals surface area contributed by atoms with Gasteiger partial charge in [-0.25, -0.2) is 9.18 Å². The highest BCUT2D eigenvalue weighted by molar-refractivity contribution is 5.64. The molecule has 0 atom stereocenters. The number of ether oxygens (including phenoxy) is 2. The van der Waals surface area contributed by atoms with Crippen LogP contribution in [0.3, 0.4) is 0 Å². The van der Waals surface area contributed by atoms with Crippen LogP contribution in [0.5, 0.6) is 5.75 Å². The summed E-state index contributed by atoms with van der Waals surface area (Å²) in [5, 5.41) is 0. The summed E-state index contributed by atoms with van der Waals surface area (Å²) >= 11 is 0. The summed E-state index contributed by atoms with van der Waals surface area (Å²) in [5.41, 5.74) is 5.51. The number of hydrogen-bond donors (Lipinski definition) is 1. The molecule has 0 saturated heterocycles. The first-order valence-electron chi connectivity index (χ1n) is 4.40. The molecule has 4 nitrogen and oxygen atoms in total. The van der Waals surface area contributed by atoms with Crippen molar-refractivity contribution >= 4 is 6.09 Å². The maximum Gasteiger partial charge on any atom is 0.404 e. The van der Waals surface area contributed by atoms with Gasteiger partial charge in [-0.1, -0.05) is 0 Å². The number of aryl methyl sites for hydroxylation is 1.